The molecule has 0 bridgehead atoms. The van der Waals surface area contributed by atoms with Crippen LogP contribution in [0.2, 0.25) is 0 Å². The second-order valence-corrected chi connectivity index (χ2v) is 3.41. The molecule has 0 aliphatic heterocycles. The van der Waals surface area contributed by atoms with Gasteiger partial charge in [-0.2, -0.15) is 0 Å². The lowest BCUT2D eigenvalue weighted by Crippen LogP contribution is -2.11. The number of hydrogen-bond donors (Lipinski definition) is 1. The summed E-state index contributed by atoms with van der Waals surface area (Å²) in [6.07, 6.45) is 2.11. The van der Waals surface area contributed by atoms with Crippen LogP contribution in [0.4, 0.5) is 0 Å². The molecule has 1 N–H and O–H groups in total. The normalized spacial score (nSPS) is 9.07. The first-order valence-electron chi connectivity index (χ1n) is 5.70. The number of aliphatic carboxylic acids is 1. The van der Waals surface area contributed by atoms with E-state index in [4.69, 9.17) is 5.11 Å². The third kappa shape index (κ3) is 17.5. The highest BCUT2D eigenvalue weighted by atomic mass is 16.4. The Balaban J connectivity index is -0.000000266. The lowest BCUT2D eigenvalue weighted by Gasteiger charge is -2.20. The van der Waals surface area contributed by atoms with Gasteiger partial charge >= 0.3 is 5.97 Å². The highest BCUT2D eigenvalue weighted by Crippen LogP contribution is 2.25. The topological polar surface area (TPSA) is 37.3 Å². The van der Waals surface area contributed by atoms with Crippen LogP contribution < -0.4 is 0 Å². The molecule has 0 radical (unpaired) electrons. The summed E-state index contributed by atoms with van der Waals surface area (Å²) in [5.74, 6) is -0.693. The van der Waals surface area contributed by atoms with Crippen molar-refractivity contribution in [2.75, 3.05) is 0 Å². The van der Waals surface area contributed by atoms with Crippen molar-refractivity contribution in [3.63, 3.8) is 0 Å². The summed E-state index contributed by atoms with van der Waals surface area (Å²) in [7, 11) is 0. The van der Waals surface area contributed by atoms with E-state index in [1.165, 1.54) is 0 Å². The van der Waals surface area contributed by atoms with Gasteiger partial charge < -0.3 is 5.11 Å². The third-order valence-electron chi connectivity index (χ3n) is 1.97. The zero-order valence-corrected chi connectivity index (χ0v) is 11.0. The molecule has 0 fully saturated rings. The molecule has 0 heterocycles. The molecule has 0 aromatic heterocycles. The van der Waals surface area contributed by atoms with Gasteiger partial charge in [0, 0.05) is 6.42 Å². The molecule has 0 aromatic rings. The van der Waals surface area contributed by atoms with E-state index in [0.29, 0.717) is 6.42 Å². The van der Waals surface area contributed by atoms with Crippen LogP contribution in [0.15, 0.2) is 0 Å². The molecule has 0 amide bonds. The minimum atomic E-state index is -0.693. The quantitative estimate of drug-likeness (QED) is 0.739. The Bertz CT molecular complexity index is 117. The van der Waals surface area contributed by atoms with E-state index < -0.39 is 5.97 Å². The Morgan fingerprint density at radius 3 is 1.71 bits per heavy atom. The lowest BCUT2D eigenvalue weighted by atomic mass is 9.85. The number of carbonyl (C=O) groups is 1. The van der Waals surface area contributed by atoms with Gasteiger partial charge in [0.15, 0.2) is 0 Å². The van der Waals surface area contributed by atoms with Gasteiger partial charge in [0.05, 0.1) is 0 Å². The standard InChI is InChI=1S/C8H16O2.2C2H6/c1-4-8(2,3)6-5-7(9)10;2*1-2/h4-6H2,1-3H3,(H,9,10);2*1-2H3. The van der Waals surface area contributed by atoms with Gasteiger partial charge in [-0.05, 0) is 11.8 Å². The SMILES string of the molecule is CC.CC.CCC(C)(C)CCC(=O)O. The zero-order valence-electron chi connectivity index (χ0n) is 11.0. The molecular weight excluding hydrogens is 176 g/mol. The first kappa shape index (κ1) is 19.1. The van der Waals surface area contributed by atoms with E-state index in [0.717, 1.165) is 12.8 Å². The van der Waals surface area contributed by atoms with Crippen LogP contribution in [0.5, 0.6) is 0 Å². The minimum absolute atomic E-state index is 0.193. The van der Waals surface area contributed by atoms with Gasteiger partial charge in [-0.15, -0.1) is 0 Å². The first-order valence-corrected chi connectivity index (χ1v) is 5.70. The monoisotopic (exact) mass is 204 g/mol. The van der Waals surface area contributed by atoms with Gasteiger partial charge in [-0.25, -0.2) is 0 Å². The lowest BCUT2D eigenvalue weighted by molar-refractivity contribution is -0.137. The predicted octanol–water partition coefficient (Wildman–Crippen LogP) is 4.34. The summed E-state index contributed by atoms with van der Waals surface area (Å²) in [5.41, 5.74) is 0.193. The highest BCUT2D eigenvalue weighted by molar-refractivity contribution is 5.66. The maximum Gasteiger partial charge on any atom is 0.303 e. The first-order chi connectivity index (χ1) is 6.48. The van der Waals surface area contributed by atoms with Gasteiger partial charge in [0.2, 0.25) is 0 Å². The van der Waals surface area contributed by atoms with Crippen LogP contribution >= 0.6 is 0 Å². The largest absolute Gasteiger partial charge is 0.481 e. The molecule has 0 spiro atoms. The molecule has 0 rings (SSSR count). The van der Waals surface area contributed by atoms with E-state index in [-0.39, 0.29) is 5.41 Å². The molecule has 0 unspecified atom stereocenters. The van der Waals surface area contributed by atoms with E-state index in [9.17, 15) is 4.79 Å². The Morgan fingerprint density at radius 2 is 1.50 bits per heavy atom. The molecule has 0 atom stereocenters. The Hall–Kier alpha value is -0.530. The van der Waals surface area contributed by atoms with Crippen molar-refractivity contribution in [3.05, 3.63) is 0 Å². The van der Waals surface area contributed by atoms with Gasteiger partial charge in [0.25, 0.3) is 0 Å². The summed E-state index contributed by atoms with van der Waals surface area (Å²) >= 11 is 0. The fraction of sp³-hybridized carbons (Fsp3) is 0.917. The zero-order chi connectivity index (χ0) is 12.2. The van der Waals surface area contributed by atoms with Crippen molar-refractivity contribution < 1.29 is 9.90 Å². The van der Waals surface area contributed by atoms with Crippen LogP contribution in [-0.2, 0) is 4.79 Å². The summed E-state index contributed by atoms with van der Waals surface area (Å²) in [5, 5.41) is 8.37. The van der Waals surface area contributed by atoms with Crippen LogP contribution in [0.25, 0.3) is 0 Å². The molecule has 0 aromatic carbocycles. The van der Waals surface area contributed by atoms with Crippen molar-refractivity contribution in [3.8, 4) is 0 Å². The molecule has 14 heavy (non-hydrogen) atoms. The predicted molar refractivity (Wildman–Crippen MR) is 63.6 cm³/mol. The van der Waals surface area contributed by atoms with Crippen LogP contribution in [0, 0.1) is 5.41 Å². The van der Waals surface area contributed by atoms with Gasteiger partial charge in [-0.1, -0.05) is 54.9 Å². The van der Waals surface area contributed by atoms with Crippen molar-refractivity contribution in [2.24, 2.45) is 5.41 Å². The number of carboxylic acids is 1. The highest BCUT2D eigenvalue weighted by Gasteiger charge is 2.15. The van der Waals surface area contributed by atoms with E-state index in [2.05, 4.69) is 20.8 Å². The molecule has 2 heteroatoms. The van der Waals surface area contributed by atoms with Crippen LogP contribution in [0.3, 0.4) is 0 Å². The van der Waals surface area contributed by atoms with E-state index in [1.807, 2.05) is 27.7 Å². The molecular formula is C12H28O2. The minimum Gasteiger partial charge on any atom is -0.481 e. The van der Waals surface area contributed by atoms with Crippen molar-refractivity contribution in [2.45, 2.75) is 67.7 Å². The molecule has 0 aliphatic carbocycles. The second kappa shape index (κ2) is 12.5. The Labute approximate surface area is 89.7 Å². The second-order valence-electron chi connectivity index (χ2n) is 3.41. The Morgan fingerprint density at radius 1 is 1.14 bits per heavy atom. The number of hydrogen-bond acceptors (Lipinski definition) is 1. The summed E-state index contributed by atoms with van der Waals surface area (Å²) < 4.78 is 0. The average Bonchev–Trinajstić information content (AvgIpc) is 2.21. The molecule has 0 aliphatic rings. The van der Waals surface area contributed by atoms with Crippen molar-refractivity contribution in [1.29, 1.82) is 0 Å². The maximum atomic E-state index is 10.2. The Kier molecular flexibility index (Phi) is 17.0. The molecule has 2 nitrogen and oxygen atoms in total. The van der Waals surface area contributed by atoms with Crippen molar-refractivity contribution in [1.82, 2.24) is 0 Å². The maximum absolute atomic E-state index is 10.2. The van der Waals surface area contributed by atoms with Crippen molar-refractivity contribution >= 4 is 5.97 Å². The summed E-state index contributed by atoms with van der Waals surface area (Å²) in [6.45, 7) is 14.3. The number of carboxylic acid groups (broad SMARTS) is 1. The van der Waals surface area contributed by atoms with Gasteiger partial charge in [0.1, 0.15) is 0 Å². The van der Waals surface area contributed by atoms with Gasteiger partial charge in [-0.3, -0.25) is 4.79 Å². The smallest absolute Gasteiger partial charge is 0.303 e. The van der Waals surface area contributed by atoms with E-state index in [1.54, 1.807) is 0 Å². The summed E-state index contributed by atoms with van der Waals surface area (Å²) in [4.78, 5) is 10.2. The van der Waals surface area contributed by atoms with E-state index >= 15 is 0 Å². The summed E-state index contributed by atoms with van der Waals surface area (Å²) in [6, 6.07) is 0. The molecule has 88 valence electrons. The van der Waals surface area contributed by atoms with Crippen LogP contribution in [0.1, 0.15) is 67.7 Å². The van der Waals surface area contributed by atoms with Crippen LogP contribution in [-0.4, -0.2) is 11.1 Å². The molecule has 0 saturated heterocycles. The molecule has 0 saturated carbocycles. The fourth-order valence-corrected chi connectivity index (χ4v) is 0.622. The third-order valence-corrected chi connectivity index (χ3v) is 1.97. The average molecular weight is 204 g/mol. The fourth-order valence-electron chi connectivity index (χ4n) is 0.622. The number of rotatable bonds is 4.